The molecule has 10 heteroatoms. The number of ether oxygens (including phenoxy) is 2. The highest BCUT2D eigenvalue weighted by atomic mass is 19.3. The Labute approximate surface area is 146 Å². The molecule has 0 bridgehead atoms. The van der Waals surface area contributed by atoms with Crippen LogP contribution in [0.3, 0.4) is 0 Å². The van der Waals surface area contributed by atoms with E-state index in [-0.39, 0.29) is 18.2 Å². The molecule has 0 atom stereocenters. The van der Waals surface area contributed by atoms with Crippen LogP contribution in [0.4, 0.5) is 14.5 Å². The van der Waals surface area contributed by atoms with Crippen LogP contribution in [0.25, 0.3) is 11.3 Å². The molecule has 0 aliphatic heterocycles. The number of amides is 1. The number of rotatable bonds is 7. The third-order valence-electron chi connectivity index (χ3n) is 3.35. The van der Waals surface area contributed by atoms with E-state index in [1.54, 1.807) is 24.4 Å². The first-order valence-electron chi connectivity index (χ1n) is 7.48. The number of aromatic nitrogens is 4. The first-order valence-corrected chi connectivity index (χ1v) is 7.48. The van der Waals surface area contributed by atoms with Gasteiger partial charge in [0.15, 0.2) is 0 Å². The Morgan fingerprint density at radius 3 is 2.81 bits per heavy atom. The summed E-state index contributed by atoms with van der Waals surface area (Å²) < 4.78 is 35.1. The van der Waals surface area contributed by atoms with Gasteiger partial charge in [0.05, 0.1) is 23.8 Å². The number of aromatic amines is 1. The fourth-order valence-corrected chi connectivity index (χ4v) is 2.22. The van der Waals surface area contributed by atoms with Crippen LogP contribution in [0, 0.1) is 0 Å². The predicted octanol–water partition coefficient (Wildman–Crippen LogP) is 2.73. The van der Waals surface area contributed by atoms with Gasteiger partial charge in [-0.25, -0.2) is 4.68 Å². The van der Waals surface area contributed by atoms with Crippen LogP contribution >= 0.6 is 0 Å². The highest BCUT2D eigenvalue weighted by Crippen LogP contribution is 2.22. The van der Waals surface area contributed by atoms with Gasteiger partial charge in [-0.05, 0) is 30.3 Å². The van der Waals surface area contributed by atoms with Crippen molar-refractivity contribution in [3.8, 4) is 17.0 Å². The van der Waals surface area contributed by atoms with E-state index in [1.807, 2.05) is 0 Å². The molecular formula is C16H15F2N5O3. The van der Waals surface area contributed by atoms with Gasteiger partial charge in [-0.1, -0.05) is 0 Å². The van der Waals surface area contributed by atoms with Crippen molar-refractivity contribution in [3.05, 3.63) is 48.4 Å². The Morgan fingerprint density at radius 1 is 1.35 bits per heavy atom. The summed E-state index contributed by atoms with van der Waals surface area (Å²) in [5.41, 5.74) is 1.90. The first-order chi connectivity index (χ1) is 12.5. The number of hydrogen-bond donors (Lipinski definition) is 2. The number of alkyl halides is 2. The van der Waals surface area contributed by atoms with E-state index in [4.69, 9.17) is 4.74 Å². The van der Waals surface area contributed by atoms with E-state index < -0.39 is 12.5 Å². The van der Waals surface area contributed by atoms with Crippen molar-refractivity contribution in [3.63, 3.8) is 0 Å². The van der Waals surface area contributed by atoms with Crippen molar-refractivity contribution >= 4 is 11.6 Å². The van der Waals surface area contributed by atoms with Crippen molar-refractivity contribution in [2.24, 2.45) is 0 Å². The van der Waals surface area contributed by atoms with Crippen LogP contribution in [-0.2, 0) is 11.5 Å². The zero-order valence-electron chi connectivity index (χ0n) is 13.6. The number of halogens is 2. The SMILES string of the molecule is COCn1cc(NC(=O)c2cc(-c3ccc(OC(F)F)cc3)n[nH]2)cn1. The topological polar surface area (TPSA) is 94.1 Å². The molecule has 0 aliphatic rings. The van der Waals surface area contributed by atoms with Crippen molar-refractivity contribution in [2.75, 3.05) is 12.4 Å². The summed E-state index contributed by atoms with van der Waals surface area (Å²) in [5.74, 6) is -0.344. The maximum absolute atomic E-state index is 12.2. The third kappa shape index (κ3) is 4.22. The number of benzene rings is 1. The Kier molecular flexibility index (Phi) is 5.23. The lowest BCUT2D eigenvalue weighted by molar-refractivity contribution is -0.0498. The smallest absolute Gasteiger partial charge is 0.387 e. The van der Waals surface area contributed by atoms with Gasteiger partial charge in [0.1, 0.15) is 18.2 Å². The Morgan fingerprint density at radius 2 is 2.12 bits per heavy atom. The molecule has 136 valence electrons. The molecule has 1 aromatic carbocycles. The Hall–Kier alpha value is -3.27. The molecule has 1 amide bonds. The van der Waals surface area contributed by atoms with Gasteiger partial charge < -0.3 is 14.8 Å². The molecule has 26 heavy (non-hydrogen) atoms. The van der Waals surface area contributed by atoms with Crippen LogP contribution in [0.5, 0.6) is 5.75 Å². The van der Waals surface area contributed by atoms with Crippen molar-refractivity contribution in [1.82, 2.24) is 20.0 Å². The number of anilines is 1. The van der Waals surface area contributed by atoms with E-state index in [2.05, 4.69) is 25.3 Å². The molecule has 3 aromatic rings. The number of carbonyl (C=O) groups is 1. The molecule has 2 heterocycles. The summed E-state index contributed by atoms with van der Waals surface area (Å²) in [7, 11) is 1.54. The zero-order chi connectivity index (χ0) is 18.5. The van der Waals surface area contributed by atoms with Crippen molar-refractivity contribution < 1.29 is 23.0 Å². The summed E-state index contributed by atoms with van der Waals surface area (Å²) in [6.45, 7) is -2.61. The number of methoxy groups -OCH3 is 1. The average molecular weight is 363 g/mol. The minimum Gasteiger partial charge on any atom is -0.435 e. The van der Waals surface area contributed by atoms with Crippen LogP contribution in [0.1, 0.15) is 10.5 Å². The Bertz CT molecular complexity index is 876. The van der Waals surface area contributed by atoms with Gasteiger partial charge in [0, 0.05) is 12.7 Å². The van der Waals surface area contributed by atoms with Crippen molar-refractivity contribution in [1.29, 1.82) is 0 Å². The second-order valence-electron chi connectivity index (χ2n) is 5.21. The molecule has 0 spiro atoms. The second kappa shape index (κ2) is 7.74. The third-order valence-corrected chi connectivity index (χ3v) is 3.35. The number of H-pyrrole nitrogens is 1. The maximum Gasteiger partial charge on any atom is 0.387 e. The summed E-state index contributed by atoms with van der Waals surface area (Å²) in [6.07, 6.45) is 3.12. The largest absolute Gasteiger partial charge is 0.435 e. The van der Waals surface area contributed by atoms with E-state index >= 15 is 0 Å². The first kappa shape index (κ1) is 17.5. The average Bonchev–Trinajstić information content (AvgIpc) is 3.25. The van der Waals surface area contributed by atoms with Gasteiger partial charge >= 0.3 is 6.61 Å². The number of carbonyl (C=O) groups excluding carboxylic acids is 1. The summed E-state index contributed by atoms with van der Waals surface area (Å²) in [4.78, 5) is 12.2. The second-order valence-corrected chi connectivity index (χ2v) is 5.21. The minimum atomic E-state index is -2.88. The van der Waals surface area contributed by atoms with Gasteiger partial charge in [-0.2, -0.15) is 19.0 Å². The summed E-state index contributed by atoms with van der Waals surface area (Å²) >= 11 is 0. The lowest BCUT2D eigenvalue weighted by atomic mass is 10.1. The van der Waals surface area contributed by atoms with Crippen LogP contribution in [0.15, 0.2) is 42.7 Å². The van der Waals surface area contributed by atoms with Crippen molar-refractivity contribution in [2.45, 2.75) is 13.3 Å². The molecule has 0 fully saturated rings. The molecule has 0 radical (unpaired) electrons. The molecule has 0 saturated carbocycles. The van der Waals surface area contributed by atoms with Crippen LogP contribution in [-0.4, -0.2) is 39.6 Å². The van der Waals surface area contributed by atoms with E-state index in [0.29, 0.717) is 16.9 Å². The molecule has 8 nitrogen and oxygen atoms in total. The Balaban J connectivity index is 1.67. The van der Waals surface area contributed by atoms with E-state index in [1.165, 1.54) is 30.1 Å². The highest BCUT2D eigenvalue weighted by molar-refractivity contribution is 6.03. The predicted molar refractivity (Wildman–Crippen MR) is 87.8 cm³/mol. The zero-order valence-corrected chi connectivity index (χ0v) is 13.6. The van der Waals surface area contributed by atoms with Gasteiger partial charge in [-0.3, -0.25) is 9.89 Å². The van der Waals surface area contributed by atoms with E-state index in [0.717, 1.165) is 0 Å². The fourth-order valence-electron chi connectivity index (χ4n) is 2.22. The van der Waals surface area contributed by atoms with Crippen LogP contribution in [0.2, 0.25) is 0 Å². The molecule has 2 N–H and O–H groups in total. The number of hydrogen-bond acceptors (Lipinski definition) is 5. The summed E-state index contributed by atoms with van der Waals surface area (Å²) in [6, 6.07) is 7.51. The lowest BCUT2D eigenvalue weighted by Crippen LogP contribution is -2.11. The summed E-state index contributed by atoms with van der Waals surface area (Å²) in [5, 5.41) is 13.4. The van der Waals surface area contributed by atoms with Crippen LogP contribution < -0.4 is 10.1 Å². The molecule has 2 aromatic heterocycles. The standard InChI is InChI=1S/C16H15F2N5O3/c1-25-9-23-8-11(7-19-23)20-15(24)14-6-13(21-22-14)10-2-4-12(5-3-10)26-16(17)18/h2-8,16H,9H2,1H3,(H,20,24)(H,21,22). The highest BCUT2D eigenvalue weighted by Gasteiger charge is 2.13. The molecule has 0 saturated heterocycles. The quantitative estimate of drug-likeness (QED) is 0.673. The molecule has 3 rings (SSSR count). The molecule has 0 unspecified atom stereocenters. The number of nitrogens with one attached hydrogen (secondary N) is 2. The van der Waals surface area contributed by atoms with Gasteiger partial charge in [-0.15, -0.1) is 0 Å². The molecule has 0 aliphatic carbocycles. The fraction of sp³-hybridized carbons (Fsp3) is 0.188. The minimum absolute atomic E-state index is 0.0466. The normalized spacial score (nSPS) is 10.9. The van der Waals surface area contributed by atoms with Gasteiger partial charge in [0.2, 0.25) is 0 Å². The lowest BCUT2D eigenvalue weighted by Gasteiger charge is -2.04. The van der Waals surface area contributed by atoms with E-state index in [9.17, 15) is 13.6 Å². The molecular weight excluding hydrogens is 348 g/mol. The maximum atomic E-state index is 12.2. The monoisotopic (exact) mass is 363 g/mol. The van der Waals surface area contributed by atoms with Gasteiger partial charge in [0.25, 0.3) is 5.91 Å². The number of nitrogens with zero attached hydrogens (tertiary/aromatic N) is 3.